The van der Waals surface area contributed by atoms with Crippen molar-refractivity contribution in [2.24, 2.45) is 0 Å². The van der Waals surface area contributed by atoms with Crippen LogP contribution in [-0.2, 0) is 0 Å². The molecule has 0 bridgehead atoms. The van der Waals surface area contributed by atoms with Crippen LogP contribution in [0.25, 0.3) is 0 Å². The van der Waals surface area contributed by atoms with Crippen LogP contribution in [0.2, 0.25) is 0 Å². The summed E-state index contributed by atoms with van der Waals surface area (Å²) in [5.41, 5.74) is 2.20. The van der Waals surface area contributed by atoms with Crippen LogP contribution in [0.3, 0.4) is 0 Å². The van der Waals surface area contributed by atoms with Crippen molar-refractivity contribution in [3.63, 3.8) is 0 Å². The van der Waals surface area contributed by atoms with E-state index >= 15 is 0 Å². The van der Waals surface area contributed by atoms with Gasteiger partial charge in [0.2, 0.25) is 0 Å². The minimum atomic E-state index is 0.131. The zero-order valence-electron chi connectivity index (χ0n) is 8.13. The largest absolute Gasteiger partial charge is 0.394 e. The van der Waals surface area contributed by atoms with Crippen molar-refractivity contribution in [2.75, 3.05) is 6.61 Å². The van der Waals surface area contributed by atoms with Crippen molar-refractivity contribution >= 4 is 0 Å². The number of rotatable bonds is 2. The molecule has 68 valence electrons. The fourth-order valence-electron chi connectivity index (χ4n) is 1.53. The van der Waals surface area contributed by atoms with Crippen LogP contribution in [0.15, 0.2) is 0 Å². The van der Waals surface area contributed by atoms with Gasteiger partial charge >= 0.3 is 0 Å². The van der Waals surface area contributed by atoms with Crippen LogP contribution in [0, 0.1) is 20.8 Å². The molecule has 1 aromatic rings. The van der Waals surface area contributed by atoms with Crippen LogP contribution in [-0.4, -0.2) is 21.3 Å². The predicted octanol–water partition coefficient (Wildman–Crippen LogP) is 1.36. The van der Waals surface area contributed by atoms with E-state index < -0.39 is 0 Å². The fourth-order valence-corrected chi connectivity index (χ4v) is 1.53. The minimum Gasteiger partial charge on any atom is -0.394 e. The second-order valence-electron chi connectivity index (χ2n) is 3.23. The SMILES string of the molecule is Cc1nc(C)n(C(C)CO)c1C. The van der Waals surface area contributed by atoms with Crippen LogP contribution in [0.4, 0.5) is 0 Å². The van der Waals surface area contributed by atoms with Gasteiger partial charge in [-0.15, -0.1) is 0 Å². The van der Waals surface area contributed by atoms with Crippen molar-refractivity contribution in [3.8, 4) is 0 Å². The highest BCUT2D eigenvalue weighted by Gasteiger charge is 2.11. The lowest BCUT2D eigenvalue weighted by atomic mass is 10.3. The molecule has 3 heteroatoms. The summed E-state index contributed by atoms with van der Waals surface area (Å²) >= 11 is 0. The number of nitrogens with zero attached hydrogens (tertiary/aromatic N) is 2. The van der Waals surface area contributed by atoms with Crippen molar-refractivity contribution in [3.05, 3.63) is 17.2 Å². The molecule has 0 spiro atoms. The number of aliphatic hydroxyl groups excluding tert-OH is 1. The molecule has 0 aliphatic carbocycles. The van der Waals surface area contributed by atoms with E-state index in [2.05, 4.69) is 9.55 Å². The summed E-state index contributed by atoms with van der Waals surface area (Å²) in [6.07, 6.45) is 0. The van der Waals surface area contributed by atoms with Crippen LogP contribution >= 0.6 is 0 Å². The van der Waals surface area contributed by atoms with E-state index in [1.54, 1.807) is 0 Å². The maximum absolute atomic E-state index is 9.00. The Morgan fingerprint density at radius 3 is 2.33 bits per heavy atom. The molecule has 12 heavy (non-hydrogen) atoms. The van der Waals surface area contributed by atoms with Gasteiger partial charge in [-0.25, -0.2) is 4.98 Å². The van der Waals surface area contributed by atoms with Gasteiger partial charge in [-0.2, -0.15) is 0 Å². The summed E-state index contributed by atoms with van der Waals surface area (Å²) in [6, 6.07) is 0.131. The maximum Gasteiger partial charge on any atom is 0.106 e. The van der Waals surface area contributed by atoms with Crippen molar-refractivity contribution in [1.29, 1.82) is 0 Å². The summed E-state index contributed by atoms with van der Waals surface area (Å²) in [5.74, 6) is 0.978. The van der Waals surface area contributed by atoms with E-state index in [1.807, 2.05) is 27.7 Å². The second kappa shape index (κ2) is 3.27. The Kier molecular flexibility index (Phi) is 2.52. The summed E-state index contributed by atoms with van der Waals surface area (Å²) in [7, 11) is 0. The molecule has 0 fully saturated rings. The summed E-state index contributed by atoms with van der Waals surface area (Å²) in [5, 5.41) is 9.00. The van der Waals surface area contributed by atoms with E-state index in [0.717, 1.165) is 17.2 Å². The smallest absolute Gasteiger partial charge is 0.106 e. The molecule has 1 unspecified atom stereocenters. The Morgan fingerprint density at radius 1 is 1.42 bits per heavy atom. The fraction of sp³-hybridized carbons (Fsp3) is 0.667. The molecule has 1 heterocycles. The van der Waals surface area contributed by atoms with Gasteiger partial charge in [0, 0.05) is 5.69 Å². The first-order chi connectivity index (χ1) is 5.57. The average molecular weight is 168 g/mol. The van der Waals surface area contributed by atoms with Gasteiger partial charge in [-0.3, -0.25) is 0 Å². The van der Waals surface area contributed by atoms with Gasteiger partial charge in [0.05, 0.1) is 18.3 Å². The van der Waals surface area contributed by atoms with Gasteiger partial charge in [-0.05, 0) is 27.7 Å². The molecule has 0 aliphatic rings. The summed E-state index contributed by atoms with van der Waals surface area (Å²) < 4.78 is 2.06. The van der Waals surface area contributed by atoms with E-state index in [9.17, 15) is 0 Å². The first kappa shape index (κ1) is 9.26. The molecular formula is C9H16N2O. The highest BCUT2D eigenvalue weighted by atomic mass is 16.3. The van der Waals surface area contributed by atoms with Gasteiger partial charge in [-0.1, -0.05) is 0 Å². The topological polar surface area (TPSA) is 38.0 Å². The highest BCUT2D eigenvalue weighted by Crippen LogP contribution is 2.15. The normalized spacial score (nSPS) is 13.4. The van der Waals surface area contributed by atoms with E-state index in [-0.39, 0.29) is 12.6 Å². The molecule has 1 atom stereocenters. The lowest BCUT2D eigenvalue weighted by Crippen LogP contribution is -2.12. The van der Waals surface area contributed by atoms with Gasteiger partial charge in [0.25, 0.3) is 0 Å². The van der Waals surface area contributed by atoms with Crippen LogP contribution in [0.5, 0.6) is 0 Å². The van der Waals surface area contributed by atoms with Crippen molar-refractivity contribution < 1.29 is 5.11 Å². The Bertz CT molecular complexity index is 278. The number of hydrogen-bond acceptors (Lipinski definition) is 2. The number of imidazole rings is 1. The Labute approximate surface area is 73.1 Å². The molecule has 1 N–H and O–H groups in total. The van der Waals surface area contributed by atoms with Crippen LogP contribution in [0.1, 0.15) is 30.2 Å². The first-order valence-electron chi connectivity index (χ1n) is 4.20. The standard InChI is InChI=1S/C9H16N2O/c1-6(5-12)11-8(3)7(2)10-9(11)4/h6,12H,5H2,1-4H3. The van der Waals surface area contributed by atoms with Crippen molar-refractivity contribution in [2.45, 2.75) is 33.7 Å². The monoisotopic (exact) mass is 168 g/mol. The molecule has 3 nitrogen and oxygen atoms in total. The number of aliphatic hydroxyl groups is 1. The molecule has 0 aromatic carbocycles. The van der Waals surface area contributed by atoms with E-state index in [1.165, 1.54) is 0 Å². The van der Waals surface area contributed by atoms with Gasteiger partial charge in [0.1, 0.15) is 5.82 Å². The molecule has 0 saturated carbocycles. The zero-order chi connectivity index (χ0) is 9.30. The van der Waals surface area contributed by atoms with Gasteiger partial charge < -0.3 is 9.67 Å². The Morgan fingerprint density at radius 2 is 2.00 bits per heavy atom. The first-order valence-corrected chi connectivity index (χ1v) is 4.20. The molecule has 0 saturated heterocycles. The molecule has 0 amide bonds. The Hall–Kier alpha value is -0.830. The predicted molar refractivity (Wildman–Crippen MR) is 48.2 cm³/mol. The Balaban J connectivity index is 3.13. The third kappa shape index (κ3) is 1.37. The number of hydrogen-bond donors (Lipinski definition) is 1. The highest BCUT2D eigenvalue weighted by molar-refractivity contribution is 5.14. The van der Waals surface area contributed by atoms with Gasteiger partial charge in [0.15, 0.2) is 0 Å². The molecular weight excluding hydrogens is 152 g/mol. The maximum atomic E-state index is 9.00. The summed E-state index contributed by atoms with van der Waals surface area (Å²) in [6.45, 7) is 8.13. The molecule has 0 aliphatic heterocycles. The number of aryl methyl sites for hydroxylation is 2. The third-order valence-electron chi connectivity index (χ3n) is 2.27. The lowest BCUT2D eigenvalue weighted by Gasteiger charge is -2.14. The minimum absolute atomic E-state index is 0.131. The zero-order valence-corrected chi connectivity index (χ0v) is 8.13. The average Bonchev–Trinajstić information content (AvgIpc) is 2.26. The van der Waals surface area contributed by atoms with E-state index in [4.69, 9.17) is 5.11 Å². The van der Waals surface area contributed by atoms with Crippen molar-refractivity contribution in [1.82, 2.24) is 9.55 Å². The third-order valence-corrected chi connectivity index (χ3v) is 2.27. The molecule has 0 radical (unpaired) electrons. The lowest BCUT2D eigenvalue weighted by molar-refractivity contribution is 0.235. The van der Waals surface area contributed by atoms with E-state index in [0.29, 0.717) is 0 Å². The second-order valence-corrected chi connectivity index (χ2v) is 3.23. The number of aromatic nitrogens is 2. The molecule has 1 rings (SSSR count). The summed E-state index contributed by atoms with van der Waals surface area (Å²) in [4.78, 5) is 4.33. The quantitative estimate of drug-likeness (QED) is 0.724. The molecule has 1 aromatic heterocycles. The van der Waals surface area contributed by atoms with Crippen LogP contribution < -0.4 is 0 Å².